The van der Waals surface area contributed by atoms with Crippen molar-refractivity contribution in [3.63, 3.8) is 0 Å². The van der Waals surface area contributed by atoms with Gasteiger partial charge < -0.3 is 4.74 Å². The molecule has 0 spiro atoms. The molecule has 0 radical (unpaired) electrons. The van der Waals surface area contributed by atoms with Gasteiger partial charge in [-0.2, -0.15) is 0 Å². The maximum atomic E-state index is 6.05. The fourth-order valence-corrected chi connectivity index (χ4v) is 2.07. The molecule has 1 aromatic heterocycles. The molecule has 0 N–H and O–H groups in total. The summed E-state index contributed by atoms with van der Waals surface area (Å²) < 4.78 is 5.50. The van der Waals surface area contributed by atoms with Crippen LogP contribution in [0.15, 0.2) is 6.20 Å². The van der Waals surface area contributed by atoms with E-state index in [1.807, 2.05) is 13.8 Å². The lowest BCUT2D eigenvalue weighted by atomic mass is 9.88. The summed E-state index contributed by atoms with van der Waals surface area (Å²) in [6.45, 7) is 10.2. The van der Waals surface area contributed by atoms with Crippen LogP contribution in [-0.4, -0.2) is 17.1 Å². The highest BCUT2D eigenvalue weighted by atomic mass is 35.5. The zero-order chi connectivity index (χ0) is 13.2. The third-order valence-electron chi connectivity index (χ3n) is 2.72. The van der Waals surface area contributed by atoms with Crippen molar-refractivity contribution >= 4 is 11.6 Å². The second kappa shape index (κ2) is 5.32. The smallest absolute Gasteiger partial charge is 0.157 e. The van der Waals surface area contributed by atoms with E-state index in [1.54, 1.807) is 13.3 Å². The number of ether oxygens (including phenoxy) is 1. The average molecular weight is 257 g/mol. The predicted octanol–water partition coefficient (Wildman–Crippen LogP) is 3.82. The highest BCUT2D eigenvalue weighted by Crippen LogP contribution is 2.34. The molecule has 0 aliphatic carbocycles. The van der Waals surface area contributed by atoms with E-state index in [-0.39, 0.29) is 16.9 Å². The number of alkyl halides is 1. The molecule has 4 heteroatoms. The first kappa shape index (κ1) is 14.4. The summed E-state index contributed by atoms with van der Waals surface area (Å²) >= 11 is 6.05. The van der Waals surface area contributed by atoms with E-state index >= 15 is 0 Å². The minimum Gasteiger partial charge on any atom is -0.373 e. The molecule has 0 aromatic carbocycles. The highest BCUT2D eigenvalue weighted by molar-refractivity contribution is 6.20. The van der Waals surface area contributed by atoms with Crippen LogP contribution >= 0.6 is 11.6 Å². The first-order chi connectivity index (χ1) is 7.77. The van der Waals surface area contributed by atoms with Crippen LogP contribution in [0.25, 0.3) is 0 Å². The lowest BCUT2D eigenvalue weighted by molar-refractivity contribution is 0.00850. The number of hydrogen-bond acceptors (Lipinski definition) is 3. The maximum absolute atomic E-state index is 6.05. The number of hydrogen-bond donors (Lipinski definition) is 0. The predicted molar refractivity (Wildman–Crippen MR) is 70.2 cm³/mol. The fourth-order valence-electron chi connectivity index (χ4n) is 1.86. The number of aromatic nitrogens is 2. The Morgan fingerprint density at radius 3 is 2.29 bits per heavy atom. The molecule has 17 heavy (non-hydrogen) atoms. The van der Waals surface area contributed by atoms with Gasteiger partial charge in [-0.25, -0.2) is 9.97 Å². The van der Waals surface area contributed by atoms with Crippen molar-refractivity contribution in [1.29, 1.82) is 0 Å². The summed E-state index contributed by atoms with van der Waals surface area (Å²) in [5.74, 6) is 0.721. The van der Waals surface area contributed by atoms with Crippen molar-refractivity contribution in [2.75, 3.05) is 7.11 Å². The van der Waals surface area contributed by atoms with Crippen molar-refractivity contribution in [3.8, 4) is 0 Å². The summed E-state index contributed by atoms with van der Waals surface area (Å²) in [5.41, 5.74) is 1.86. The van der Waals surface area contributed by atoms with Crippen LogP contribution in [0.5, 0.6) is 0 Å². The van der Waals surface area contributed by atoms with Gasteiger partial charge >= 0.3 is 0 Å². The standard InChI is InChI=1S/C13H21ClN2O/c1-8(14)10-7-15-12(16-9(10)2)11(17-6)13(3,4)5/h7-8,11H,1-6H3. The minimum absolute atomic E-state index is 0.0325. The van der Waals surface area contributed by atoms with Crippen molar-refractivity contribution in [3.05, 3.63) is 23.3 Å². The van der Waals surface area contributed by atoms with E-state index in [2.05, 4.69) is 30.7 Å². The lowest BCUT2D eigenvalue weighted by Crippen LogP contribution is -2.23. The second-order valence-corrected chi connectivity index (χ2v) is 6.02. The molecular formula is C13H21ClN2O. The molecule has 0 aliphatic rings. The van der Waals surface area contributed by atoms with Crippen LogP contribution in [0.3, 0.4) is 0 Å². The van der Waals surface area contributed by atoms with Gasteiger partial charge in [-0.3, -0.25) is 0 Å². The molecule has 0 saturated carbocycles. The van der Waals surface area contributed by atoms with Crippen LogP contribution in [0.4, 0.5) is 0 Å². The molecule has 0 saturated heterocycles. The average Bonchev–Trinajstić information content (AvgIpc) is 2.15. The Hall–Kier alpha value is -0.670. The van der Waals surface area contributed by atoms with E-state index in [1.165, 1.54) is 0 Å². The Bertz CT molecular complexity index is 385. The quantitative estimate of drug-likeness (QED) is 0.772. The van der Waals surface area contributed by atoms with Crippen LogP contribution < -0.4 is 0 Å². The van der Waals surface area contributed by atoms with Crippen LogP contribution in [0, 0.1) is 12.3 Å². The normalized spacial score (nSPS) is 15.7. The fraction of sp³-hybridized carbons (Fsp3) is 0.692. The maximum Gasteiger partial charge on any atom is 0.157 e. The van der Waals surface area contributed by atoms with E-state index in [9.17, 15) is 0 Å². The Kier molecular flexibility index (Phi) is 4.50. The number of nitrogens with zero attached hydrogens (tertiary/aromatic N) is 2. The van der Waals surface area contributed by atoms with Gasteiger partial charge in [0.1, 0.15) is 6.10 Å². The van der Waals surface area contributed by atoms with Crippen LogP contribution in [-0.2, 0) is 4.74 Å². The zero-order valence-corrected chi connectivity index (χ0v) is 12.2. The van der Waals surface area contributed by atoms with Gasteiger partial charge in [0, 0.05) is 24.6 Å². The van der Waals surface area contributed by atoms with Crippen molar-refractivity contribution in [2.24, 2.45) is 5.41 Å². The highest BCUT2D eigenvalue weighted by Gasteiger charge is 2.29. The molecule has 0 fully saturated rings. The van der Waals surface area contributed by atoms with Crippen molar-refractivity contribution < 1.29 is 4.74 Å². The summed E-state index contributed by atoms with van der Waals surface area (Å²) in [4.78, 5) is 8.89. The summed E-state index contributed by atoms with van der Waals surface area (Å²) in [6.07, 6.45) is 1.69. The number of rotatable bonds is 3. The van der Waals surface area contributed by atoms with E-state index < -0.39 is 0 Å². The van der Waals surface area contributed by atoms with E-state index in [4.69, 9.17) is 16.3 Å². The first-order valence-electron chi connectivity index (χ1n) is 5.77. The number of aryl methyl sites for hydroxylation is 1. The summed E-state index contributed by atoms with van der Waals surface area (Å²) in [6, 6.07) is 0. The largest absolute Gasteiger partial charge is 0.373 e. The molecule has 1 heterocycles. The monoisotopic (exact) mass is 256 g/mol. The molecule has 0 amide bonds. The SMILES string of the molecule is COC(c1ncc(C(C)Cl)c(C)n1)C(C)(C)C. The molecule has 1 rings (SSSR count). The molecular weight excluding hydrogens is 236 g/mol. The Labute approximate surface area is 109 Å². The second-order valence-electron chi connectivity index (χ2n) is 5.37. The topological polar surface area (TPSA) is 35.0 Å². The Morgan fingerprint density at radius 1 is 1.35 bits per heavy atom. The van der Waals surface area contributed by atoms with Gasteiger partial charge in [-0.05, 0) is 19.3 Å². The van der Waals surface area contributed by atoms with Gasteiger partial charge in [0.25, 0.3) is 0 Å². The van der Waals surface area contributed by atoms with E-state index in [0.29, 0.717) is 0 Å². The Morgan fingerprint density at radius 2 is 1.94 bits per heavy atom. The van der Waals surface area contributed by atoms with E-state index in [0.717, 1.165) is 17.1 Å². The van der Waals surface area contributed by atoms with Gasteiger partial charge in [0.05, 0.1) is 5.38 Å². The zero-order valence-electron chi connectivity index (χ0n) is 11.4. The number of methoxy groups -OCH3 is 1. The van der Waals surface area contributed by atoms with Gasteiger partial charge in [0.2, 0.25) is 0 Å². The molecule has 1 aromatic rings. The number of halogens is 1. The van der Waals surface area contributed by atoms with Gasteiger partial charge in [-0.15, -0.1) is 11.6 Å². The molecule has 0 aliphatic heterocycles. The molecule has 0 bridgehead atoms. The molecule has 96 valence electrons. The molecule has 2 unspecified atom stereocenters. The third-order valence-corrected chi connectivity index (χ3v) is 2.96. The van der Waals surface area contributed by atoms with Crippen LogP contribution in [0.2, 0.25) is 0 Å². The molecule has 3 nitrogen and oxygen atoms in total. The lowest BCUT2D eigenvalue weighted by Gasteiger charge is -2.28. The minimum atomic E-state index is -0.110. The summed E-state index contributed by atoms with van der Waals surface area (Å²) in [7, 11) is 1.69. The van der Waals surface area contributed by atoms with Gasteiger partial charge in [0.15, 0.2) is 5.82 Å². The van der Waals surface area contributed by atoms with Crippen LogP contribution in [0.1, 0.15) is 56.3 Å². The third kappa shape index (κ3) is 3.39. The summed E-state index contributed by atoms with van der Waals surface area (Å²) in [5, 5.41) is -0.0697. The van der Waals surface area contributed by atoms with Crippen molar-refractivity contribution in [2.45, 2.75) is 46.1 Å². The first-order valence-corrected chi connectivity index (χ1v) is 6.21. The Balaban J connectivity index is 3.12. The molecule has 2 atom stereocenters. The van der Waals surface area contributed by atoms with Gasteiger partial charge in [-0.1, -0.05) is 20.8 Å². The van der Waals surface area contributed by atoms with Crippen molar-refractivity contribution in [1.82, 2.24) is 9.97 Å².